The Balaban J connectivity index is 0.000000182. The Hall–Kier alpha value is -10.1. The van der Waals surface area contributed by atoms with E-state index in [9.17, 15) is 24.0 Å². The Morgan fingerprint density at radius 2 is 1.01 bits per heavy atom. The summed E-state index contributed by atoms with van der Waals surface area (Å²) >= 11 is 18.0. The number of nitrogen functional groups attached to an aromatic ring is 1. The molecule has 24 nitrogen and oxygen atoms in total. The second-order valence-electron chi connectivity index (χ2n) is 22.7. The van der Waals surface area contributed by atoms with Gasteiger partial charge in [0.05, 0.1) is 65.1 Å². The third-order valence-electron chi connectivity index (χ3n) is 13.2. The number of nitrogens with one attached hydrogen (secondary N) is 1. The molecule has 10 rings (SSSR count). The maximum atomic E-state index is 12.8. The van der Waals surface area contributed by atoms with Crippen molar-refractivity contribution in [2.45, 2.75) is 113 Å². The summed E-state index contributed by atoms with van der Waals surface area (Å²) in [6.07, 6.45) is 8.44. The van der Waals surface area contributed by atoms with Gasteiger partial charge < -0.3 is 54.4 Å². The van der Waals surface area contributed by atoms with Crippen molar-refractivity contribution < 1.29 is 47.7 Å². The second kappa shape index (κ2) is 31.3. The molecule has 1 amide bonds. The minimum absolute atomic E-state index is 0.115. The lowest BCUT2D eigenvalue weighted by atomic mass is 10.1. The Morgan fingerprint density at radius 1 is 0.591 bits per heavy atom. The van der Waals surface area contributed by atoms with Gasteiger partial charge in [-0.05, 0) is 144 Å². The minimum atomic E-state index is -1.06. The quantitative estimate of drug-likeness (QED) is 0.0418. The van der Waals surface area contributed by atoms with Crippen LogP contribution in [0.25, 0.3) is 37.6 Å². The number of esters is 2. The van der Waals surface area contributed by atoms with Gasteiger partial charge in [-0.2, -0.15) is 0 Å². The maximum Gasteiger partial charge on any atom is 0.519 e. The van der Waals surface area contributed by atoms with Crippen LogP contribution in [0.15, 0.2) is 116 Å². The topological polar surface area (TPSA) is 305 Å². The average molecular weight is 1320 g/mol. The molecular weight excluding hydrogens is 1260 g/mol. The van der Waals surface area contributed by atoms with Crippen LogP contribution in [0.2, 0.25) is 15.1 Å². The zero-order valence-electron chi connectivity index (χ0n) is 53.0. The van der Waals surface area contributed by atoms with Crippen LogP contribution in [-0.2, 0) is 62.8 Å². The first kappa shape index (κ1) is 70.4. The van der Waals surface area contributed by atoms with Crippen molar-refractivity contribution in [2.75, 3.05) is 20.0 Å². The van der Waals surface area contributed by atoms with Gasteiger partial charge in [0.2, 0.25) is 5.69 Å². The fourth-order valence-corrected chi connectivity index (χ4v) is 9.63. The van der Waals surface area contributed by atoms with Gasteiger partial charge in [-0.1, -0.05) is 59.9 Å². The van der Waals surface area contributed by atoms with Gasteiger partial charge in [-0.3, -0.25) is 24.3 Å². The number of anilines is 1. The smallest absolute Gasteiger partial charge is 0.464 e. The van der Waals surface area contributed by atoms with E-state index in [1.54, 1.807) is 83.2 Å². The Labute approximate surface area is 551 Å². The number of benzene rings is 3. The van der Waals surface area contributed by atoms with Crippen molar-refractivity contribution in [3.8, 4) is 0 Å². The van der Waals surface area contributed by atoms with Crippen molar-refractivity contribution in [3.05, 3.63) is 205 Å². The van der Waals surface area contributed by atoms with Crippen LogP contribution in [0.3, 0.4) is 0 Å². The first-order valence-corrected chi connectivity index (χ1v) is 29.9. The van der Waals surface area contributed by atoms with Gasteiger partial charge in [0.25, 0.3) is 5.91 Å². The van der Waals surface area contributed by atoms with Gasteiger partial charge in [0.15, 0.2) is 5.69 Å². The summed E-state index contributed by atoms with van der Waals surface area (Å²) in [5.74, 6) is 0.804. The summed E-state index contributed by atoms with van der Waals surface area (Å²) < 4.78 is 28.6. The van der Waals surface area contributed by atoms with E-state index in [1.165, 1.54) is 20.4 Å². The van der Waals surface area contributed by atoms with E-state index >= 15 is 0 Å². The number of aromatic nitrogens is 10. The maximum absolute atomic E-state index is 12.8. The summed E-state index contributed by atoms with van der Waals surface area (Å²) in [6.45, 7) is 25.1. The third kappa shape index (κ3) is 20.2. The number of fused-ring (bicyclic) bond motifs is 3. The first-order valence-electron chi connectivity index (χ1n) is 28.7. The van der Waals surface area contributed by atoms with E-state index in [-0.39, 0.29) is 24.1 Å². The van der Waals surface area contributed by atoms with E-state index in [0.717, 1.165) is 78.5 Å². The lowest BCUT2D eigenvalue weighted by Gasteiger charge is -2.20. The molecule has 0 spiro atoms. The average Bonchev–Trinajstić information content (AvgIpc) is 1.84. The Bertz CT molecular complexity index is 4380. The molecule has 0 aliphatic carbocycles. The number of nitrogens with two attached hydrogens (primary N) is 2. The Kier molecular flexibility index (Phi) is 23.7. The molecule has 0 aliphatic rings. The van der Waals surface area contributed by atoms with E-state index < -0.39 is 35.5 Å². The number of nitrogens with zero attached hydrogens (tertiary/aromatic N) is 11. The van der Waals surface area contributed by atoms with Crippen LogP contribution in [0.5, 0.6) is 0 Å². The lowest BCUT2D eigenvalue weighted by Crippen LogP contribution is -2.29. The summed E-state index contributed by atoms with van der Waals surface area (Å²) in [5, 5.41) is 7.52. The first-order chi connectivity index (χ1) is 44.0. The molecule has 5 N–H and O–H groups in total. The highest BCUT2D eigenvalue weighted by atomic mass is 35.5. The summed E-state index contributed by atoms with van der Waals surface area (Å²) in [7, 11) is 2.63. The van der Waals surface area contributed by atoms with Crippen molar-refractivity contribution >= 4 is 109 Å². The molecule has 27 heteroatoms. The molecule has 0 fully saturated rings. The number of carbonyl (C=O) groups excluding carboxylic acids is 5. The molecule has 7 heterocycles. The van der Waals surface area contributed by atoms with Crippen molar-refractivity contribution in [3.63, 3.8) is 0 Å². The molecule has 7 aromatic heterocycles. The predicted molar refractivity (Wildman–Crippen MR) is 353 cm³/mol. The van der Waals surface area contributed by atoms with E-state index in [2.05, 4.69) is 54.5 Å². The molecule has 93 heavy (non-hydrogen) atoms. The number of amides is 1. The van der Waals surface area contributed by atoms with E-state index in [4.69, 9.17) is 67.1 Å². The number of hydrogen-bond acceptors (Lipinski definition) is 19. The normalized spacial score (nSPS) is 11.0. The monoisotopic (exact) mass is 1320 g/mol. The fourth-order valence-electron chi connectivity index (χ4n) is 9.13. The molecule has 0 saturated heterocycles. The molecule has 0 bridgehead atoms. The number of carbonyl (C=O) groups is 5. The third-order valence-corrected chi connectivity index (χ3v) is 13.9. The lowest BCUT2D eigenvalue weighted by molar-refractivity contribution is -0.0294. The number of aryl methyl sites for hydroxylation is 3. The van der Waals surface area contributed by atoms with E-state index in [0.29, 0.717) is 64.3 Å². The number of rotatable bonds is 13. The highest BCUT2D eigenvalue weighted by Gasteiger charge is 2.25. The van der Waals surface area contributed by atoms with Crippen LogP contribution < -0.4 is 16.8 Å². The van der Waals surface area contributed by atoms with Gasteiger partial charge >= 0.3 is 30.2 Å². The SMILES string of the molecule is CC(C)(C)OC(=O)OC(=O)OC(C)(C)C.CCc1nc(C(=O)OC)cn1Cc1ccc2ncc(Cl)cc2c1.Cc1cc(N)nc(C)c1CNC(=O)c1cn(Cc2ccc3ncc(Cl)cc3c2)c(CN)n1.[C-]#[N+]c1nc(C(=O)OC)cn1Cc1ccc2ncc(Cl)cc2c1. The minimum Gasteiger partial charge on any atom is -0.464 e. The number of pyridine rings is 4. The van der Waals surface area contributed by atoms with Crippen molar-refractivity contribution in [1.29, 1.82) is 0 Å². The number of ether oxygens (including phenoxy) is 5. The standard InChI is InChI=1S/C23H24ClN7O.C17H16ClN3O2.C16H11ClN4O2.C10H18O5/c1-13-5-21(26)29-14(2)18(13)10-28-23(32)20-12-31(22(8-25)30-20)11-15-3-4-19-16(6-15)7-17(24)9-27-19;1-3-16-20-15(17(22)23-2)10-21(16)9-11-4-5-14-12(6-11)7-13(18)8-19-14;1-18-16-20-14(15(22)23-2)9-21(16)8-10-3-4-13-11(5-10)6-12(17)7-19-13;1-9(2,3)14-7(11)13-8(12)15-10(4,5)6/h3-7,9,12H,8,10-11,25H2,1-2H3,(H2,26,29)(H,28,32);4-8,10H,3,9H2,1-2H3;3-7,9H,8H2,2H3;1-6H3. The van der Waals surface area contributed by atoms with Crippen molar-refractivity contribution in [2.24, 2.45) is 5.73 Å². The largest absolute Gasteiger partial charge is 0.519 e. The van der Waals surface area contributed by atoms with Gasteiger partial charge in [-0.25, -0.2) is 34.1 Å². The predicted octanol–water partition coefficient (Wildman–Crippen LogP) is 12.9. The fraction of sp³-hybridized carbons (Fsp3) is 0.288. The zero-order valence-corrected chi connectivity index (χ0v) is 55.3. The zero-order chi connectivity index (χ0) is 67.9. The van der Waals surface area contributed by atoms with E-state index in [1.807, 2.05) is 103 Å². The van der Waals surface area contributed by atoms with Crippen molar-refractivity contribution in [1.82, 2.24) is 53.9 Å². The number of methoxy groups -OCH3 is 2. The van der Waals surface area contributed by atoms with Crippen LogP contribution in [0.1, 0.15) is 125 Å². The second-order valence-corrected chi connectivity index (χ2v) is 24.0. The number of halogens is 3. The molecule has 484 valence electrons. The highest BCUT2D eigenvalue weighted by molar-refractivity contribution is 6.31. The van der Waals surface area contributed by atoms with Crippen LogP contribution >= 0.6 is 34.8 Å². The van der Waals surface area contributed by atoms with Gasteiger partial charge in [0.1, 0.15) is 34.4 Å². The summed E-state index contributed by atoms with van der Waals surface area (Å²) in [4.78, 5) is 91.1. The molecule has 0 saturated carbocycles. The van der Waals surface area contributed by atoms with Crippen LogP contribution in [-0.4, -0.2) is 104 Å². The number of imidazole rings is 3. The molecule has 0 radical (unpaired) electrons. The van der Waals surface area contributed by atoms with Crippen LogP contribution in [0.4, 0.5) is 21.4 Å². The van der Waals surface area contributed by atoms with Crippen LogP contribution in [0, 0.1) is 20.4 Å². The van der Waals surface area contributed by atoms with Gasteiger partial charge in [-0.15, -0.1) is 11.6 Å². The summed E-state index contributed by atoms with van der Waals surface area (Å²) in [5.41, 5.74) is 19.4. The molecule has 3 aromatic carbocycles. The molecule has 0 atom stereocenters. The number of hydrogen-bond donors (Lipinski definition) is 3. The Morgan fingerprint density at radius 3 is 1.43 bits per heavy atom. The van der Waals surface area contributed by atoms with Gasteiger partial charge in [0, 0.05) is 78.9 Å². The highest BCUT2D eigenvalue weighted by Crippen LogP contribution is 2.25. The molecular formula is C66H69Cl3N14O10. The molecule has 0 unspecified atom stereocenters. The molecule has 0 aliphatic heterocycles. The molecule has 10 aromatic rings. The summed E-state index contributed by atoms with van der Waals surface area (Å²) in [6, 6.07) is 25.1.